The molecule has 0 aliphatic carbocycles. The molecule has 0 heterocycles. The Kier molecular flexibility index (Phi) is 10.8. The van der Waals surface area contributed by atoms with Crippen LogP contribution in [0.5, 0.6) is 0 Å². The smallest absolute Gasteiger partial charge is 0.302 e. The monoisotopic (exact) mass is 248 g/mol. The Morgan fingerprint density at radius 1 is 1.19 bits per heavy atom. The van der Waals surface area contributed by atoms with E-state index in [2.05, 4.69) is 13.5 Å². The summed E-state index contributed by atoms with van der Waals surface area (Å²) in [6, 6.07) is 1.11. The summed E-state index contributed by atoms with van der Waals surface area (Å²) in [5.41, 5.74) is 0. The van der Waals surface area contributed by atoms with E-state index in [9.17, 15) is 4.79 Å². The lowest BCUT2D eigenvalue weighted by molar-refractivity contribution is -0.141. The van der Waals surface area contributed by atoms with Gasteiger partial charge in [0.25, 0.3) is 0 Å². The van der Waals surface area contributed by atoms with Crippen molar-refractivity contribution in [2.75, 3.05) is 26.4 Å². The second-order valence-corrected chi connectivity index (χ2v) is 6.31. The summed E-state index contributed by atoms with van der Waals surface area (Å²) in [4.78, 5) is 10.5. The molecule has 0 bridgehead atoms. The van der Waals surface area contributed by atoms with Crippen molar-refractivity contribution in [2.45, 2.75) is 39.3 Å². The Balaban J connectivity index is 3.18. The van der Waals surface area contributed by atoms with Crippen molar-refractivity contribution < 1.29 is 18.7 Å². The van der Waals surface area contributed by atoms with Gasteiger partial charge >= 0.3 is 5.97 Å². The van der Waals surface area contributed by atoms with E-state index in [1.54, 1.807) is 0 Å². The number of hydrogen-bond acceptors (Lipinski definition) is 4. The molecular weight excluding hydrogens is 224 g/mol. The lowest BCUT2D eigenvalue weighted by Crippen LogP contribution is -2.18. The second kappa shape index (κ2) is 11.1. The SMILES string of the molecule is CCCOCCC[SiH](C)OCCOC(C)=O. The van der Waals surface area contributed by atoms with Gasteiger partial charge in [-0.15, -0.1) is 0 Å². The number of carbonyl (C=O) groups excluding carboxylic acids is 1. The van der Waals surface area contributed by atoms with Crippen LogP contribution in [0.3, 0.4) is 0 Å². The summed E-state index contributed by atoms with van der Waals surface area (Å²) in [5.74, 6) is -0.245. The van der Waals surface area contributed by atoms with Crippen molar-refractivity contribution in [2.24, 2.45) is 0 Å². The van der Waals surface area contributed by atoms with Gasteiger partial charge in [0, 0.05) is 20.1 Å². The third-order valence-electron chi connectivity index (χ3n) is 2.04. The minimum absolute atomic E-state index is 0.245. The van der Waals surface area contributed by atoms with Gasteiger partial charge in [-0.3, -0.25) is 4.79 Å². The Morgan fingerprint density at radius 3 is 2.56 bits per heavy atom. The first-order chi connectivity index (χ1) is 7.66. The molecular formula is C11H24O4Si. The van der Waals surface area contributed by atoms with Crippen molar-refractivity contribution in [3.8, 4) is 0 Å². The molecule has 1 unspecified atom stereocenters. The molecule has 0 aromatic heterocycles. The lowest BCUT2D eigenvalue weighted by Gasteiger charge is -2.11. The molecule has 5 heteroatoms. The van der Waals surface area contributed by atoms with Gasteiger partial charge < -0.3 is 13.9 Å². The summed E-state index contributed by atoms with van der Waals surface area (Å²) >= 11 is 0. The molecule has 0 rings (SSSR count). The summed E-state index contributed by atoms with van der Waals surface area (Å²) in [6.45, 7) is 8.26. The Morgan fingerprint density at radius 2 is 1.94 bits per heavy atom. The predicted molar refractivity (Wildman–Crippen MR) is 66.1 cm³/mol. The number of esters is 1. The first-order valence-electron chi connectivity index (χ1n) is 5.99. The van der Waals surface area contributed by atoms with Crippen molar-refractivity contribution in [3.63, 3.8) is 0 Å². The van der Waals surface area contributed by atoms with Crippen LogP contribution in [-0.2, 0) is 18.7 Å². The quantitative estimate of drug-likeness (QED) is 0.335. The Bertz CT molecular complexity index is 175. The Labute approximate surface area is 100.0 Å². The minimum Gasteiger partial charge on any atom is -0.463 e. The zero-order valence-electron chi connectivity index (χ0n) is 10.7. The van der Waals surface area contributed by atoms with E-state index >= 15 is 0 Å². The molecule has 1 atom stereocenters. The zero-order chi connectivity index (χ0) is 12.2. The molecule has 0 aliphatic heterocycles. The molecule has 0 aromatic carbocycles. The average molecular weight is 248 g/mol. The van der Waals surface area contributed by atoms with Crippen LogP contribution in [0.2, 0.25) is 12.6 Å². The molecule has 0 saturated heterocycles. The van der Waals surface area contributed by atoms with E-state index in [1.165, 1.54) is 6.92 Å². The maximum atomic E-state index is 10.5. The van der Waals surface area contributed by atoms with E-state index in [-0.39, 0.29) is 5.97 Å². The van der Waals surface area contributed by atoms with Gasteiger partial charge in [-0.25, -0.2) is 0 Å². The van der Waals surface area contributed by atoms with Crippen molar-refractivity contribution in [1.29, 1.82) is 0 Å². The van der Waals surface area contributed by atoms with Crippen LogP contribution in [0, 0.1) is 0 Å². The topological polar surface area (TPSA) is 44.8 Å². The fraction of sp³-hybridized carbons (Fsp3) is 0.909. The largest absolute Gasteiger partial charge is 0.463 e. The molecule has 4 nitrogen and oxygen atoms in total. The van der Waals surface area contributed by atoms with E-state index in [4.69, 9.17) is 13.9 Å². The molecule has 96 valence electrons. The highest BCUT2D eigenvalue weighted by Crippen LogP contribution is 2.00. The minimum atomic E-state index is -1.09. The average Bonchev–Trinajstić information content (AvgIpc) is 2.24. The van der Waals surface area contributed by atoms with Crippen molar-refractivity contribution in [1.82, 2.24) is 0 Å². The summed E-state index contributed by atoms with van der Waals surface area (Å²) in [7, 11) is -1.09. The molecule has 0 aliphatic rings. The third kappa shape index (κ3) is 11.7. The number of hydrogen-bond donors (Lipinski definition) is 0. The first kappa shape index (κ1) is 15.6. The molecule has 0 fully saturated rings. The van der Waals surface area contributed by atoms with Gasteiger partial charge in [-0.2, -0.15) is 0 Å². The highest BCUT2D eigenvalue weighted by molar-refractivity contribution is 6.50. The van der Waals surface area contributed by atoms with Crippen LogP contribution in [0.25, 0.3) is 0 Å². The van der Waals surface area contributed by atoms with Gasteiger partial charge in [-0.05, 0) is 25.4 Å². The fourth-order valence-electron chi connectivity index (χ4n) is 1.24. The van der Waals surface area contributed by atoms with Crippen LogP contribution < -0.4 is 0 Å². The number of carbonyl (C=O) groups is 1. The molecule has 0 saturated carbocycles. The summed E-state index contributed by atoms with van der Waals surface area (Å²) in [5, 5.41) is 0. The van der Waals surface area contributed by atoms with Gasteiger partial charge in [-0.1, -0.05) is 6.92 Å². The molecule has 0 N–H and O–H groups in total. The normalized spacial score (nSPS) is 12.4. The standard InChI is InChI=1S/C11H24O4Si/c1-4-6-13-7-5-10-16(3)15-9-8-14-11(2)12/h16H,4-10H2,1-3H3. The van der Waals surface area contributed by atoms with E-state index < -0.39 is 9.04 Å². The first-order valence-corrected chi connectivity index (χ1v) is 8.43. The van der Waals surface area contributed by atoms with Crippen LogP contribution in [-0.4, -0.2) is 41.4 Å². The summed E-state index contributed by atoms with van der Waals surface area (Å²) in [6.07, 6.45) is 2.15. The Hall–Kier alpha value is -0.393. The molecule has 0 aromatic rings. The zero-order valence-corrected chi connectivity index (χ0v) is 11.8. The van der Waals surface area contributed by atoms with E-state index in [1.807, 2.05) is 0 Å². The van der Waals surface area contributed by atoms with Crippen LogP contribution >= 0.6 is 0 Å². The highest BCUT2D eigenvalue weighted by atomic mass is 28.3. The van der Waals surface area contributed by atoms with Crippen LogP contribution in [0.1, 0.15) is 26.7 Å². The van der Waals surface area contributed by atoms with Crippen LogP contribution in [0.15, 0.2) is 0 Å². The van der Waals surface area contributed by atoms with Gasteiger partial charge in [0.15, 0.2) is 9.04 Å². The van der Waals surface area contributed by atoms with Gasteiger partial charge in [0.1, 0.15) is 6.61 Å². The summed E-state index contributed by atoms with van der Waals surface area (Å²) < 4.78 is 15.8. The van der Waals surface area contributed by atoms with E-state index in [0.29, 0.717) is 13.2 Å². The molecule has 0 spiro atoms. The highest BCUT2D eigenvalue weighted by Gasteiger charge is 2.04. The molecule has 16 heavy (non-hydrogen) atoms. The van der Waals surface area contributed by atoms with Crippen molar-refractivity contribution in [3.05, 3.63) is 0 Å². The maximum Gasteiger partial charge on any atom is 0.302 e. The van der Waals surface area contributed by atoms with Gasteiger partial charge in [0.05, 0.1) is 6.61 Å². The van der Waals surface area contributed by atoms with Gasteiger partial charge in [0.2, 0.25) is 0 Å². The fourth-order valence-corrected chi connectivity index (χ4v) is 2.64. The lowest BCUT2D eigenvalue weighted by atomic mass is 10.5. The van der Waals surface area contributed by atoms with Crippen molar-refractivity contribution >= 4 is 15.0 Å². The molecule has 0 amide bonds. The second-order valence-electron chi connectivity index (χ2n) is 3.78. The predicted octanol–water partition coefficient (Wildman–Crippen LogP) is 1.74. The third-order valence-corrected chi connectivity index (χ3v) is 4.06. The van der Waals surface area contributed by atoms with E-state index in [0.717, 1.165) is 32.1 Å². The number of ether oxygens (including phenoxy) is 2. The number of rotatable bonds is 10. The molecule has 0 radical (unpaired) electrons. The van der Waals surface area contributed by atoms with Crippen LogP contribution in [0.4, 0.5) is 0 Å². The maximum absolute atomic E-state index is 10.5.